The lowest BCUT2D eigenvalue weighted by Gasteiger charge is -2.32. The molecule has 1 fully saturated rings. The van der Waals surface area contributed by atoms with Gasteiger partial charge in [0.25, 0.3) is 0 Å². The van der Waals surface area contributed by atoms with Crippen LogP contribution in [0.1, 0.15) is 26.7 Å². The number of amides is 1. The Morgan fingerprint density at radius 3 is 2.41 bits per heavy atom. The number of carbonyl (C=O) groups is 2. The zero-order chi connectivity index (χ0) is 12.9. The summed E-state index contributed by atoms with van der Waals surface area (Å²) in [5, 5.41) is 11.9. The molecule has 1 rings (SSSR count). The second kappa shape index (κ2) is 5.82. The fourth-order valence-corrected chi connectivity index (χ4v) is 1.80. The highest BCUT2D eigenvalue weighted by Crippen LogP contribution is 2.30. The minimum absolute atomic E-state index is 0.161. The van der Waals surface area contributed by atoms with Crippen molar-refractivity contribution in [3.05, 3.63) is 11.6 Å². The van der Waals surface area contributed by atoms with Gasteiger partial charge in [-0.1, -0.05) is 5.57 Å². The monoisotopic (exact) mass is 241 g/mol. The number of carboxylic acids is 1. The van der Waals surface area contributed by atoms with Crippen LogP contribution in [0.25, 0.3) is 0 Å². The summed E-state index contributed by atoms with van der Waals surface area (Å²) in [4.78, 5) is 22.7. The number of aliphatic carboxylic acids is 1. The number of allylic oxidation sites excluding steroid dienone is 1. The normalized spacial score (nSPS) is 18.2. The largest absolute Gasteiger partial charge is 0.481 e. The fourth-order valence-electron chi connectivity index (χ4n) is 1.80. The van der Waals surface area contributed by atoms with Crippen molar-refractivity contribution >= 4 is 11.9 Å². The Morgan fingerprint density at radius 1 is 1.35 bits per heavy atom. The standard InChI is InChI=1S/C12H19NO4/c1-9(2)7-10(14)13-8-12(11(15)16)3-5-17-6-4-12/h7H,3-6,8H2,1-2H3,(H,13,14)(H,15,16). The van der Waals surface area contributed by atoms with Gasteiger partial charge < -0.3 is 15.2 Å². The molecular weight excluding hydrogens is 222 g/mol. The smallest absolute Gasteiger partial charge is 0.311 e. The second-order valence-corrected chi connectivity index (χ2v) is 4.64. The molecule has 5 heteroatoms. The Kier molecular flexibility index (Phi) is 4.69. The van der Waals surface area contributed by atoms with E-state index in [0.29, 0.717) is 26.1 Å². The van der Waals surface area contributed by atoms with Crippen LogP contribution in [0.15, 0.2) is 11.6 Å². The molecule has 0 aliphatic carbocycles. The van der Waals surface area contributed by atoms with Gasteiger partial charge in [-0.05, 0) is 26.7 Å². The van der Waals surface area contributed by atoms with E-state index in [9.17, 15) is 14.7 Å². The van der Waals surface area contributed by atoms with Gasteiger partial charge >= 0.3 is 5.97 Å². The van der Waals surface area contributed by atoms with E-state index in [0.717, 1.165) is 5.57 Å². The predicted octanol–water partition coefficient (Wildman–Crippen LogP) is 0.950. The van der Waals surface area contributed by atoms with E-state index in [2.05, 4.69) is 5.32 Å². The second-order valence-electron chi connectivity index (χ2n) is 4.64. The van der Waals surface area contributed by atoms with Crippen molar-refractivity contribution < 1.29 is 19.4 Å². The molecule has 1 saturated heterocycles. The molecule has 96 valence electrons. The molecule has 0 unspecified atom stereocenters. The van der Waals surface area contributed by atoms with Gasteiger partial charge in [0.1, 0.15) is 0 Å². The lowest BCUT2D eigenvalue weighted by atomic mass is 9.80. The van der Waals surface area contributed by atoms with Crippen molar-refractivity contribution in [1.82, 2.24) is 5.32 Å². The molecule has 0 spiro atoms. The molecule has 0 aromatic heterocycles. The van der Waals surface area contributed by atoms with Crippen LogP contribution < -0.4 is 5.32 Å². The average Bonchev–Trinajstić information content (AvgIpc) is 2.26. The van der Waals surface area contributed by atoms with E-state index in [1.165, 1.54) is 6.08 Å². The summed E-state index contributed by atoms with van der Waals surface area (Å²) in [6.07, 6.45) is 2.35. The number of rotatable bonds is 4. The maximum Gasteiger partial charge on any atom is 0.311 e. The molecule has 1 heterocycles. The van der Waals surface area contributed by atoms with Crippen LogP contribution in [0.4, 0.5) is 0 Å². The van der Waals surface area contributed by atoms with E-state index < -0.39 is 11.4 Å². The van der Waals surface area contributed by atoms with E-state index >= 15 is 0 Å². The van der Waals surface area contributed by atoms with Crippen LogP contribution in [-0.2, 0) is 14.3 Å². The van der Waals surface area contributed by atoms with Crippen LogP contribution in [0.2, 0.25) is 0 Å². The van der Waals surface area contributed by atoms with Crippen molar-refractivity contribution in [2.24, 2.45) is 5.41 Å². The molecule has 0 radical (unpaired) electrons. The molecular formula is C12H19NO4. The SMILES string of the molecule is CC(C)=CC(=O)NCC1(C(=O)O)CCOCC1. The van der Waals surface area contributed by atoms with Crippen LogP contribution in [0.3, 0.4) is 0 Å². The Morgan fingerprint density at radius 2 is 1.94 bits per heavy atom. The van der Waals surface area contributed by atoms with Crippen LogP contribution in [-0.4, -0.2) is 36.7 Å². The van der Waals surface area contributed by atoms with Crippen molar-refractivity contribution in [1.29, 1.82) is 0 Å². The molecule has 0 saturated carbocycles. The van der Waals surface area contributed by atoms with Gasteiger partial charge in [-0.3, -0.25) is 9.59 Å². The van der Waals surface area contributed by atoms with Crippen molar-refractivity contribution in [2.45, 2.75) is 26.7 Å². The molecule has 1 aliphatic rings. The van der Waals surface area contributed by atoms with Crippen molar-refractivity contribution in [3.63, 3.8) is 0 Å². The number of carboxylic acid groups (broad SMARTS) is 1. The van der Waals surface area contributed by atoms with Crippen LogP contribution >= 0.6 is 0 Å². The number of carbonyl (C=O) groups excluding carboxylic acids is 1. The molecule has 2 N–H and O–H groups in total. The fraction of sp³-hybridized carbons (Fsp3) is 0.667. The van der Waals surface area contributed by atoms with E-state index in [4.69, 9.17) is 4.74 Å². The zero-order valence-electron chi connectivity index (χ0n) is 10.3. The number of ether oxygens (including phenoxy) is 1. The molecule has 0 aromatic rings. The Balaban J connectivity index is 2.59. The molecule has 1 amide bonds. The highest BCUT2D eigenvalue weighted by atomic mass is 16.5. The molecule has 17 heavy (non-hydrogen) atoms. The number of hydrogen-bond donors (Lipinski definition) is 2. The van der Waals surface area contributed by atoms with Gasteiger partial charge in [0, 0.05) is 25.8 Å². The minimum atomic E-state index is -0.872. The first-order valence-corrected chi connectivity index (χ1v) is 5.70. The summed E-state index contributed by atoms with van der Waals surface area (Å²) >= 11 is 0. The Labute approximate surface area is 101 Å². The predicted molar refractivity (Wildman–Crippen MR) is 62.6 cm³/mol. The van der Waals surface area contributed by atoms with Gasteiger partial charge in [0.15, 0.2) is 0 Å². The van der Waals surface area contributed by atoms with Gasteiger partial charge in [0.05, 0.1) is 5.41 Å². The molecule has 0 atom stereocenters. The van der Waals surface area contributed by atoms with Gasteiger partial charge in [-0.2, -0.15) is 0 Å². The van der Waals surface area contributed by atoms with Crippen LogP contribution in [0.5, 0.6) is 0 Å². The maximum atomic E-state index is 11.4. The first-order chi connectivity index (χ1) is 7.96. The summed E-state index contributed by atoms with van der Waals surface area (Å²) in [6, 6.07) is 0. The number of hydrogen-bond acceptors (Lipinski definition) is 3. The highest BCUT2D eigenvalue weighted by molar-refractivity contribution is 5.88. The third-order valence-corrected chi connectivity index (χ3v) is 2.92. The summed E-state index contributed by atoms with van der Waals surface area (Å²) in [5.41, 5.74) is 0.0162. The minimum Gasteiger partial charge on any atom is -0.481 e. The Bertz CT molecular complexity index is 325. The van der Waals surface area contributed by atoms with Crippen LogP contribution in [0, 0.1) is 5.41 Å². The quantitative estimate of drug-likeness (QED) is 0.718. The number of nitrogens with one attached hydrogen (secondary N) is 1. The Hall–Kier alpha value is -1.36. The van der Waals surface area contributed by atoms with E-state index in [1.807, 2.05) is 13.8 Å². The molecule has 0 bridgehead atoms. The van der Waals surface area contributed by atoms with E-state index in [-0.39, 0.29) is 12.5 Å². The maximum absolute atomic E-state index is 11.4. The first kappa shape index (κ1) is 13.7. The summed E-state index contributed by atoms with van der Waals surface area (Å²) < 4.78 is 5.16. The first-order valence-electron chi connectivity index (χ1n) is 5.70. The van der Waals surface area contributed by atoms with Gasteiger partial charge in [0.2, 0.25) is 5.91 Å². The molecule has 5 nitrogen and oxygen atoms in total. The van der Waals surface area contributed by atoms with Gasteiger partial charge in [-0.15, -0.1) is 0 Å². The van der Waals surface area contributed by atoms with Crippen molar-refractivity contribution in [2.75, 3.05) is 19.8 Å². The topological polar surface area (TPSA) is 75.6 Å². The summed E-state index contributed by atoms with van der Waals surface area (Å²) in [5.74, 6) is -1.10. The zero-order valence-corrected chi connectivity index (χ0v) is 10.3. The lowest BCUT2D eigenvalue weighted by molar-refractivity contribution is -0.154. The highest BCUT2D eigenvalue weighted by Gasteiger charge is 2.40. The summed E-state index contributed by atoms with van der Waals surface area (Å²) in [7, 11) is 0. The molecule has 1 aliphatic heterocycles. The molecule has 0 aromatic carbocycles. The van der Waals surface area contributed by atoms with Crippen molar-refractivity contribution in [3.8, 4) is 0 Å². The average molecular weight is 241 g/mol. The summed E-state index contributed by atoms with van der Waals surface area (Å²) in [6.45, 7) is 4.67. The third kappa shape index (κ3) is 3.85. The van der Waals surface area contributed by atoms with Gasteiger partial charge in [-0.25, -0.2) is 0 Å². The lowest BCUT2D eigenvalue weighted by Crippen LogP contribution is -2.46. The third-order valence-electron chi connectivity index (χ3n) is 2.92. The van der Waals surface area contributed by atoms with E-state index in [1.54, 1.807) is 0 Å².